The molecule has 2 aliphatic rings. The normalized spacial score (nSPS) is 16.8. The van der Waals surface area contributed by atoms with Gasteiger partial charge in [-0.05, 0) is 98.8 Å². The van der Waals surface area contributed by atoms with Gasteiger partial charge in [0.15, 0.2) is 5.78 Å². The van der Waals surface area contributed by atoms with Crippen molar-refractivity contribution in [3.05, 3.63) is 106 Å². The van der Waals surface area contributed by atoms with Gasteiger partial charge < -0.3 is 0 Å². The first-order valence-corrected chi connectivity index (χ1v) is 14.7. The van der Waals surface area contributed by atoms with Crippen molar-refractivity contribution in [2.75, 3.05) is 26.2 Å². The van der Waals surface area contributed by atoms with Crippen LogP contribution in [0.5, 0.6) is 0 Å². The number of hydrogen-bond donors (Lipinski definition) is 0. The van der Waals surface area contributed by atoms with Crippen LogP contribution < -0.4 is 0 Å². The maximum absolute atomic E-state index is 13.1. The Hall–Kier alpha value is -3.26. The first-order chi connectivity index (χ1) is 19.1. The van der Waals surface area contributed by atoms with Crippen molar-refractivity contribution in [2.45, 2.75) is 65.0 Å². The monoisotopic (exact) mass is 519 g/mol. The number of benzene rings is 3. The topological polar surface area (TPSA) is 47.3 Å². The van der Waals surface area contributed by atoms with E-state index in [1.165, 1.54) is 35.1 Å². The molecule has 0 aromatic heterocycles. The maximum Gasteiger partial charge on any atom is 0.162 e. The van der Waals surface area contributed by atoms with E-state index in [1.54, 1.807) is 0 Å². The minimum absolute atomic E-state index is 0.290. The fraction of sp³-hybridized carbons (Fsp3) is 0.429. The predicted octanol–water partition coefficient (Wildman–Crippen LogP) is 6.73. The predicted molar refractivity (Wildman–Crippen MR) is 158 cm³/mol. The molecule has 0 spiro atoms. The highest BCUT2D eigenvalue weighted by Crippen LogP contribution is 2.25. The van der Waals surface area contributed by atoms with Crippen LogP contribution in [0.1, 0.15) is 75.8 Å². The molecule has 4 heteroatoms. The molecule has 4 nitrogen and oxygen atoms in total. The van der Waals surface area contributed by atoms with Gasteiger partial charge in [0, 0.05) is 38.2 Å². The Bertz CT molecular complexity index is 1300. The average molecular weight is 520 g/mol. The summed E-state index contributed by atoms with van der Waals surface area (Å²) in [5.41, 5.74) is 8.14. The Morgan fingerprint density at radius 1 is 0.872 bits per heavy atom. The summed E-state index contributed by atoms with van der Waals surface area (Å²) in [6.45, 7) is 8.24. The zero-order chi connectivity index (χ0) is 27.0. The number of carbonyl (C=O) groups is 1. The molecular formula is C35H41N3O. The number of aryl methyl sites for hydroxylation is 1. The molecule has 0 aliphatic carbocycles. The van der Waals surface area contributed by atoms with Crippen molar-refractivity contribution in [1.82, 2.24) is 9.80 Å². The van der Waals surface area contributed by atoms with Gasteiger partial charge in [0.25, 0.3) is 0 Å². The Balaban J connectivity index is 1.06. The molecule has 3 aromatic rings. The minimum atomic E-state index is 0.290. The Morgan fingerprint density at radius 2 is 1.59 bits per heavy atom. The van der Waals surface area contributed by atoms with E-state index in [4.69, 9.17) is 0 Å². The summed E-state index contributed by atoms with van der Waals surface area (Å²) in [4.78, 5) is 18.1. The maximum atomic E-state index is 13.1. The van der Waals surface area contributed by atoms with Crippen molar-refractivity contribution in [2.24, 2.45) is 5.92 Å². The summed E-state index contributed by atoms with van der Waals surface area (Å²) < 4.78 is 0. The Morgan fingerprint density at radius 3 is 2.36 bits per heavy atom. The molecule has 39 heavy (non-hydrogen) atoms. The summed E-state index contributed by atoms with van der Waals surface area (Å²) in [5, 5.41) is 9.43. The molecular weight excluding hydrogens is 478 g/mol. The van der Waals surface area contributed by atoms with Gasteiger partial charge in [0.1, 0.15) is 0 Å². The number of carbonyl (C=O) groups excluding carboxylic acids is 1. The molecule has 0 atom stereocenters. The fourth-order valence-corrected chi connectivity index (χ4v) is 6.19. The van der Waals surface area contributed by atoms with E-state index in [0.29, 0.717) is 12.2 Å². The minimum Gasteiger partial charge on any atom is -0.299 e. The highest BCUT2D eigenvalue weighted by molar-refractivity contribution is 5.96. The largest absolute Gasteiger partial charge is 0.299 e. The third-order valence-corrected chi connectivity index (χ3v) is 8.70. The smallest absolute Gasteiger partial charge is 0.162 e. The van der Waals surface area contributed by atoms with Crippen LogP contribution in [0.2, 0.25) is 0 Å². The lowest BCUT2D eigenvalue weighted by molar-refractivity contribution is 0.0974. The lowest BCUT2D eigenvalue weighted by Crippen LogP contribution is -2.33. The van der Waals surface area contributed by atoms with Crippen molar-refractivity contribution < 1.29 is 4.79 Å². The third kappa shape index (κ3) is 7.44. The number of Topliss-reactive ketones (excluding diaryl/α,β-unsaturated/α-hetero) is 1. The van der Waals surface area contributed by atoms with Crippen LogP contribution in [0.25, 0.3) is 0 Å². The van der Waals surface area contributed by atoms with Gasteiger partial charge in [-0.15, -0.1) is 0 Å². The van der Waals surface area contributed by atoms with Gasteiger partial charge >= 0.3 is 0 Å². The summed E-state index contributed by atoms with van der Waals surface area (Å²) in [6, 6.07) is 25.5. The number of rotatable bonds is 9. The van der Waals surface area contributed by atoms with E-state index < -0.39 is 0 Å². The molecule has 5 rings (SSSR count). The van der Waals surface area contributed by atoms with Crippen molar-refractivity contribution in [3.63, 3.8) is 0 Å². The van der Waals surface area contributed by atoms with Gasteiger partial charge in [0.2, 0.25) is 0 Å². The number of likely N-dealkylation sites (tertiary alicyclic amines) is 1. The van der Waals surface area contributed by atoms with Crippen LogP contribution in [-0.4, -0.2) is 41.8 Å². The van der Waals surface area contributed by atoms with Crippen LogP contribution in [0.3, 0.4) is 0 Å². The van der Waals surface area contributed by atoms with Gasteiger partial charge in [-0.3, -0.25) is 14.6 Å². The second-order valence-electron chi connectivity index (χ2n) is 11.5. The number of nitriles is 1. The average Bonchev–Trinajstić information content (AvgIpc) is 3.17. The molecule has 0 bridgehead atoms. The molecule has 3 aromatic carbocycles. The van der Waals surface area contributed by atoms with Crippen molar-refractivity contribution >= 4 is 5.78 Å². The van der Waals surface area contributed by atoms with Crippen LogP contribution in [-0.2, 0) is 25.9 Å². The molecule has 2 heterocycles. The van der Waals surface area contributed by atoms with Gasteiger partial charge in [-0.25, -0.2) is 0 Å². The Kier molecular flexibility index (Phi) is 9.24. The third-order valence-electron chi connectivity index (χ3n) is 8.70. The first kappa shape index (κ1) is 27.3. The zero-order valence-corrected chi connectivity index (χ0v) is 23.4. The summed E-state index contributed by atoms with van der Waals surface area (Å²) in [6.07, 6.45) is 7.23. The number of ketones is 1. The molecule has 0 N–H and O–H groups in total. The van der Waals surface area contributed by atoms with Gasteiger partial charge in [0.05, 0.1) is 11.6 Å². The van der Waals surface area contributed by atoms with Crippen LogP contribution >= 0.6 is 0 Å². The second-order valence-corrected chi connectivity index (χ2v) is 11.5. The van der Waals surface area contributed by atoms with E-state index in [9.17, 15) is 10.1 Å². The van der Waals surface area contributed by atoms with Crippen LogP contribution in [0.15, 0.2) is 66.7 Å². The number of fused-ring (bicyclic) bond motifs is 1. The lowest BCUT2D eigenvalue weighted by atomic mass is 9.90. The Labute approximate surface area is 234 Å². The number of nitrogens with zero attached hydrogens (tertiary/aromatic N) is 3. The molecule has 0 amide bonds. The van der Waals surface area contributed by atoms with Crippen LogP contribution in [0.4, 0.5) is 0 Å². The number of piperidine rings is 1. The zero-order valence-electron chi connectivity index (χ0n) is 23.4. The quantitative estimate of drug-likeness (QED) is 0.294. The van der Waals surface area contributed by atoms with E-state index in [1.807, 2.05) is 24.3 Å². The summed E-state index contributed by atoms with van der Waals surface area (Å²) in [5.74, 6) is 1.04. The highest BCUT2D eigenvalue weighted by Gasteiger charge is 2.20. The molecule has 1 fully saturated rings. The number of hydrogen-bond acceptors (Lipinski definition) is 4. The van der Waals surface area contributed by atoms with Gasteiger partial charge in [-0.2, -0.15) is 5.26 Å². The van der Waals surface area contributed by atoms with E-state index in [0.717, 1.165) is 87.6 Å². The molecule has 202 valence electrons. The molecule has 2 aliphatic heterocycles. The molecule has 0 saturated carbocycles. The molecule has 1 saturated heterocycles. The summed E-state index contributed by atoms with van der Waals surface area (Å²) >= 11 is 0. The lowest BCUT2D eigenvalue weighted by Gasteiger charge is -2.32. The summed E-state index contributed by atoms with van der Waals surface area (Å²) in [7, 11) is 0. The highest BCUT2D eigenvalue weighted by atomic mass is 16.1. The van der Waals surface area contributed by atoms with Gasteiger partial charge in [-0.1, -0.05) is 60.2 Å². The molecule has 0 unspecified atom stereocenters. The second kappa shape index (κ2) is 13.2. The standard InChI is InChI=1S/C35H41N3O/c1-27-9-11-29(12-10-27)25-37-19-15-28(16-20-37)5-4-8-35(39)32-14-13-30-17-21-38(22-18-31(30)23-32)26-34-7-3-2-6-33(34)24-36/h2-3,6-7,9-14,23,28H,4-5,8,15-22,25-26H2,1H3. The SMILES string of the molecule is Cc1ccc(CN2CCC(CCCC(=O)c3ccc4c(c3)CCN(Cc3ccccc3C#N)CC4)CC2)cc1. The molecule has 0 radical (unpaired) electrons. The van der Waals surface area contributed by atoms with E-state index in [2.05, 4.69) is 65.3 Å². The fourth-order valence-electron chi connectivity index (χ4n) is 6.19. The van der Waals surface area contributed by atoms with E-state index in [-0.39, 0.29) is 0 Å². The van der Waals surface area contributed by atoms with Crippen molar-refractivity contribution in [1.29, 1.82) is 5.26 Å². The van der Waals surface area contributed by atoms with E-state index >= 15 is 0 Å². The van der Waals surface area contributed by atoms with Crippen LogP contribution in [0, 0.1) is 24.2 Å². The van der Waals surface area contributed by atoms with Crippen molar-refractivity contribution in [3.8, 4) is 6.07 Å². The first-order valence-electron chi connectivity index (χ1n) is 14.7.